The van der Waals surface area contributed by atoms with E-state index in [0.717, 1.165) is 19.4 Å². The molecule has 1 heterocycles. The lowest BCUT2D eigenvalue weighted by Gasteiger charge is -2.44. The Balaban J connectivity index is 2.64. The quantitative estimate of drug-likeness (QED) is 0.752. The lowest BCUT2D eigenvalue weighted by atomic mass is 9.92. The number of rotatable bonds is 5. The summed E-state index contributed by atoms with van der Waals surface area (Å²) in [5, 5.41) is 9.59. The van der Waals surface area contributed by atoms with Gasteiger partial charge in [0.25, 0.3) is 0 Å². The maximum absolute atomic E-state index is 9.59. The number of nitrogens with two attached hydrogens (primary N) is 1. The number of methoxy groups -OCH3 is 1. The summed E-state index contributed by atoms with van der Waals surface area (Å²) in [6.07, 6.45) is 2.41. The number of nitrogens with zero attached hydrogens (tertiary/aromatic N) is 1. The first-order valence-corrected chi connectivity index (χ1v) is 6.66. The zero-order valence-electron chi connectivity index (χ0n) is 11.6. The molecule has 0 radical (unpaired) electrons. The second kappa shape index (κ2) is 6.69. The SMILES string of the molecule is COC1CCN(C(CO)C(N)C(C)C)C(C)C1. The van der Waals surface area contributed by atoms with Crippen LogP contribution >= 0.6 is 0 Å². The summed E-state index contributed by atoms with van der Waals surface area (Å²) in [7, 11) is 1.77. The Bertz CT molecular complexity index is 223. The van der Waals surface area contributed by atoms with Crippen molar-refractivity contribution in [1.29, 1.82) is 0 Å². The Labute approximate surface area is 105 Å². The van der Waals surface area contributed by atoms with Gasteiger partial charge >= 0.3 is 0 Å². The van der Waals surface area contributed by atoms with Crippen LogP contribution < -0.4 is 5.73 Å². The molecule has 0 aromatic heterocycles. The summed E-state index contributed by atoms with van der Waals surface area (Å²) in [6, 6.07) is 0.528. The third-order valence-electron chi connectivity index (χ3n) is 4.04. The summed E-state index contributed by atoms with van der Waals surface area (Å²) in [4.78, 5) is 2.35. The van der Waals surface area contributed by atoms with Crippen LogP contribution in [0.3, 0.4) is 0 Å². The van der Waals surface area contributed by atoms with Crippen LogP contribution in [0.1, 0.15) is 33.6 Å². The van der Waals surface area contributed by atoms with Gasteiger partial charge in [-0.1, -0.05) is 13.8 Å². The van der Waals surface area contributed by atoms with Gasteiger partial charge in [-0.15, -0.1) is 0 Å². The van der Waals surface area contributed by atoms with E-state index < -0.39 is 0 Å². The number of aliphatic hydroxyl groups is 1. The highest BCUT2D eigenvalue weighted by atomic mass is 16.5. The monoisotopic (exact) mass is 244 g/mol. The average Bonchev–Trinajstić information content (AvgIpc) is 2.31. The van der Waals surface area contributed by atoms with Crippen molar-refractivity contribution in [2.75, 3.05) is 20.3 Å². The highest BCUT2D eigenvalue weighted by Gasteiger charge is 2.33. The molecule has 0 aliphatic carbocycles. The molecule has 4 atom stereocenters. The second-order valence-corrected chi connectivity index (χ2v) is 5.54. The molecule has 0 aromatic carbocycles. The molecular formula is C13H28N2O2. The van der Waals surface area contributed by atoms with E-state index >= 15 is 0 Å². The molecule has 1 aliphatic heterocycles. The van der Waals surface area contributed by atoms with Crippen molar-refractivity contribution >= 4 is 0 Å². The van der Waals surface area contributed by atoms with E-state index in [1.54, 1.807) is 7.11 Å². The van der Waals surface area contributed by atoms with Gasteiger partial charge in [0.15, 0.2) is 0 Å². The number of aliphatic hydroxyl groups excluding tert-OH is 1. The first kappa shape index (κ1) is 14.9. The standard InChI is InChI=1S/C13H28N2O2/c1-9(2)13(14)12(8-16)15-6-5-11(17-4)7-10(15)3/h9-13,16H,5-8,14H2,1-4H3. The van der Waals surface area contributed by atoms with E-state index in [0.29, 0.717) is 18.1 Å². The van der Waals surface area contributed by atoms with E-state index in [1.807, 2.05) is 0 Å². The van der Waals surface area contributed by atoms with Gasteiger partial charge in [-0.2, -0.15) is 0 Å². The zero-order valence-corrected chi connectivity index (χ0v) is 11.6. The van der Waals surface area contributed by atoms with E-state index in [9.17, 15) is 5.11 Å². The molecule has 0 amide bonds. The third kappa shape index (κ3) is 3.65. The van der Waals surface area contributed by atoms with Gasteiger partial charge in [-0.05, 0) is 25.7 Å². The van der Waals surface area contributed by atoms with Gasteiger partial charge in [0.05, 0.1) is 12.7 Å². The number of ether oxygens (including phenoxy) is 1. The molecule has 1 aliphatic rings. The van der Waals surface area contributed by atoms with Crippen molar-refractivity contribution in [3.8, 4) is 0 Å². The molecule has 4 unspecified atom stereocenters. The molecule has 4 nitrogen and oxygen atoms in total. The fourth-order valence-electron chi connectivity index (χ4n) is 2.75. The average molecular weight is 244 g/mol. The molecule has 0 bridgehead atoms. The fraction of sp³-hybridized carbons (Fsp3) is 1.00. The van der Waals surface area contributed by atoms with Crippen LogP contribution in [0.5, 0.6) is 0 Å². The summed E-state index contributed by atoms with van der Waals surface area (Å²) in [5.41, 5.74) is 6.20. The van der Waals surface area contributed by atoms with Crippen LogP contribution in [0, 0.1) is 5.92 Å². The van der Waals surface area contributed by atoms with Crippen molar-refractivity contribution < 1.29 is 9.84 Å². The van der Waals surface area contributed by atoms with Crippen LogP contribution in [-0.2, 0) is 4.74 Å². The van der Waals surface area contributed by atoms with Gasteiger partial charge < -0.3 is 15.6 Å². The number of likely N-dealkylation sites (tertiary alicyclic amines) is 1. The van der Waals surface area contributed by atoms with E-state index in [2.05, 4.69) is 25.7 Å². The van der Waals surface area contributed by atoms with Crippen molar-refractivity contribution in [3.63, 3.8) is 0 Å². The van der Waals surface area contributed by atoms with Crippen LogP contribution in [-0.4, -0.2) is 54.5 Å². The number of hydrogen-bond donors (Lipinski definition) is 2. The van der Waals surface area contributed by atoms with Gasteiger partial charge in [-0.3, -0.25) is 4.90 Å². The summed E-state index contributed by atoms with van der Waals surface area (Å²) >= 11 is 0. The third-order valence-corrected chi connectivity index (χ3v) is 4.04. The fourth-order valence-corrected chi connectivity index (χ4v) is 2.75. The molecule has 4 heteroatoms. The Morgan fingerprint density at radius 3 is 2.53 bits per heavy atom. The maximum atomic E-state index is 9.59. The van der Waals surface area contributed by atoms with Crippen molar-refractivity contribution in [3.05, 3.63) is 0 Å². The first-order valence-electron chi connectivity index (χ1n) is 6.66. The minimum Gasteiger partial charge on any atom is -0.395 e. The topological polar surface area (TPSA) is 58.7 Å². The lowest BCUT2D eigenvalue weighted by Crippen LogP contribution is -2.58. The summed E-state index contributed by atoms with van der Waals surface area (Å²) in [5.74, 6) is 0.388. The minimum absolute atomic E-state index is 0.0292. The Kier molecular flexibility index (Phi) is 5.86. The largest absolute Gasteiger partial charge is 0.395 e. The Morgan fingerprint density at radius 1 is 1.47 bits per heavy atom. The van der Waals surface area contributed by atoms with Crippen LogP contribution in [0.25, 0.3) is 0 Å². The van der Waals surface area contributed by atoms with Gasteiger partial charge in [0.1, 0.15) is 0 Å². The molecular weight excluding hydrogens is 216 g/mol. The Hall–Kier alpha value is -0.160. The molecule has 3 N–H and O–H groups in total. The summed E-state index contributed by atoms with van der Waals surface area (Å²) < 4.78 is 5.41. The summed E-state index contributed by atoms with van der Waals surface area (Å²) in [6.45, 7) is 7.52. The molecule has 17 heavy (non-hydrogen) atoms. The van der Waals surface area contributed by atoms with Crippen LogP contribution in [0.2, 0.25) is 0 Å². The number of piperidine rings is 1. The second-order valence-electron chi connectivity index (χ2n) is 5.54. The van der Waals surface area contributed by atoms with Crippen molar-refractivity contribution in [2.24, 2.45) is 11.7 Å². The van der Waals surface area contributed by atoms with Crippen LogP contribution in [0.15, 0.2) is 0 Å². The highest BCUT2D eigenvalue weighted by Crippen LogP contribution is 2.23. The van der Waals surface area contributed by atoms with Gasteiger partial charge in [0.2, 0.25) is 0 Å². The molecule has 102 valence electrons. The van der Waals surface area contributed by atoms with E-state index in [1.165, 1.54) is 0 Å². The molecule has 1 rings (SSSR count). The highest BCUT2D eigenvalue weighted by molar-refractivity contribution is 4.90. The van der Waals surface area contributed by atoms with Gasteiger partial charge in [0, 0.05) is 31.8 Å². The van der Waals surface area contributed by atoms with Crippen molar-refractivity contribution in [1.82, 2.24) is 4.90 Å². The van der Waals surface area contributed by atoms with E-state index in [-0.39, 0.29) is 18.7 Å². The first-order chi connectivity index (χ1) is 8.01. The van der Waals surface area contributed by atoms with Gasteiger partial charge in [-0.25, -0.2) is 0 Å². The number of hydrogen-bond acceptors (Lipinski definition) is 4. The predicted molar refractivity (Wildman–Crippen MR) is 69.9 cm³/mol. The normalized spacial score (nSPS) is 30.5. The molecule has 0 saturated carbocycles. The predicted octanol–water partition coefficient (Wildman–Crippen LogP) is 0.830. The van der Waals surface area contributed by atoms with Crippen LogP contribution in [0.4, 0.5) is 0 Å². The van der Waals surface area contributed by atoms with Crippen molar-refractivity contribution in [2.45, 2.75) is 57.8 Å². The minimum atomic E-state index is 0.0292. The lowest BCUT2D eigenvalue weighted by molar-refractivity contribution is -0.0215. The molecule has 0 spiro atoms. The smallest absolute Gasteiger partial charge is 0.0602 e. The maximum Gasteiger partial charge on any atom is 0.0602 e. The molecule has 1 saturated heterocycles. The Morgan fingerprint density at radius 2 is 2.12 bits per heavy atom. The molecule has 0 aromatic rings. The molecule has 1 fully saturated rings. The van der Waals surface area contributed by atoms with E-state index in [4.69, 9.17) is 10.5 Å². The zero-order chi connectivity index (χ0) is 13.0.